The van der Waals surface area contributed by atoms with E-state index in [1.165, 1.54) is 5.56 Å². The predicted molar refractivity (Wildman–Crippen MR) is 113 cm³/mol. The fraction of sp³-hybridized carbons (Fsp3) is 0.478. The van der Waals surface area contributed by atoms with E-state index in [0.29, 0.717) is 5.75 Å². The van der Waals surface area contributed by atoms with Crippen LogP contribution < -0.4 is 5.30 Å². The lowest BCUT2D eigenvalue weighted by Crippen LogP contribution is -2.24. The zero-order valence-electron chi connectivity index (χ0n) is 17.1. The van der Waals surface area contributed by atoms with Gasteiger partial charge in [-0.15, -0.1) is 0 Å². The van der Waals surface area contributed by atoms with E-state index in [9.17, 15) is 9.50 Å². The summed E-state index contributed by atoms with van der Waals surface area (Å²) in [6.07, 6.45) is 1.71. The Bertz CT molecular complexity index is 786. The van der Waals surface area contributed by atoms with Gasteiger partial charge in [0, 0.05) is 16.0 Å². The third-order valence-corrected chi connectivity index (χ3v) is 7.52. The van der Waals surface area contributed by atoms with Crippen LogP contribution in [0, 0.1) is 19.7 Å². The van der Waals surface area contributed by atoms with Gasteiger partial charge in [0.2, 0.25) is 0 Å². The first-order valence-corrected chi connectivity index (χ1v) is 10.4. The maximum atomic E-state index is 14.6. The molecule has 0 aromatic heterocycles. The Balaban J connectivity index is 2.64. The zero-order chi connectivity index (χ0) is 19.7. The van der Waals surface area contributed by atoms with Crippen molar-refractivity contribution in [3.63, 3.8) is 0 Å². The Morgan fingerprint density at radius 3 is 2.12 bits per heavy atom. The van der Waals surface area contributed by atoms with E-state index in [-0.39, 0.29) is 25.0 Å². The molecule has 0 aliphatic rings. The third-order valence-electron chi connectivity index (χ3n) is 5.39. The molecule has 0 radical (unpaired) electrons. The monoisotopic (exact) mass is 374 g/mol. The van der Waals surface area contributed by atoms with E-state index >= 15 is 0 Å². The summed E-state index contributed by atoms with van der Waals surface area (Å²) in [7, 11) is 0.276. The molecule has 3 heteroatoms. The van der Waals surface area contributed by atoms with Crippen molar-refractivity contribution in [2.45, 2.75) is 71.9 Å². The highest BCUT2D eigenvalue weighted by molar-refractivity contribution is 7.48. The summed E-state index contributed by atoms with van der Waals surface area (Å²) in [5.74, 6) is 0.222. The van der Waals surface area contributed by atoms with Crippen molar-refractivity contribution in [3.05, 3.63) is 58.4 Å². The number of hydrogen-bond acceptors (Lipinski definition) is 1. The highest BCUT2D eigenvalue weighted by Gasteiger charge is 2.34. The average molecular weight is 374 g/mol. The Hall–Kier alpha value is -1.40. The molecule has 1 unspecified atom stereocenters. The van der Waals surface area contributed by atoms with E-state index in [2.05, 4.69) is 46.8 Å². The van der Waals surface area contributed by atoms with Crippen LogP contribution in [0.5, 0.6) is 5.75 Å². The Kier molecular flexibility index (Phi) is 6.18. The van der Waals surface area contributed by atoms with Crippen LogP contribution in [0.3, 0.4) is 0 Å². The molecule has 26 heavy (non-hydrogen) atoms. The molecule has 0 heterocycles. The molecule has 142 valence electrons. The highest BCUT2D eigenvalue weighted by Crippen LogP contribution is 2.51. The Morgan fingerprint density at radius 1 is 1.00 bits per heavy atom. The van der Waals surface area contributed by atoms with Crippen LogP contribution in [0.15, 0.2) is 30.3 Å². The van der Waals surface area contributed by atoms with E-state index in [1.54, 1.807) is 6.07 Å². The van der Waals surface area contributed by atoms with Crippen LogP contribution in [0.25, 0.3) is 0 Å². The zero-order valence-corrected chi connectivity index (χ0v) is 18.1. The Morgan fingerprint density at radius 2 is 1.62 bits per heavy atom. The molecule has 0 aliphatic heterocycles. The van der Waals surface area contributed by atoms with Crippen LogP contribution >= 0.6 is 8.58 Å². The molecule has 0 aliphatic carbocycles. The molecule has 0 fully saturated rings. The molecule has 0 saturated carbocycles. The molecule has 1 N–H and O–H groups in total. The molecule has 0 saturated heterocycles. The second-order valence-electron chi connectivity index (χ2n) is 8.34. The van der Waals surface area contributed by atoms with Crippen LogP contribution in [0.1, 0.15) is 69.7 Å². The van der Waals surface area contributed by atoms with Crippen molar-refractivity contribution in [1.82, 2.24) is 0 Å². The minimum Gasteiger partial charge on any atom is -0.507 e. The lowest BCUT2D eigenvalue weighted by atomic mass is 9.81. The van der Waals surface area contributed by atoms with Crippen LogP contribution in [0.4, 0.5) is 4.39 Å². The van der Waals surface area contributed by atoms with E-state index < -0.39 is 0 Å². The number of rotatable bonds is 5. The minimum absolute atomic E-state index is 0.00134. The minimum atomic E-state index is -0.258. The van der Waals surface area contributed by atoms with Crippen molar-refractivity contribution in [2.24, 2.45) is 0 Å². The molecule has 0 bridgehead atoms. The number of halogens is 1. The molecular weight excluding hydrogens is 342 g/mol. The SMILES string of the molecule is CCC(CC)(Pc1ccc(C)cc1F)c1cc(C(C)(C)C)cc(C)c1O. The smallest absolute Gasteiger partial charge is 0.130 e. The number of aryl methyl sites for hydroxylation is 2. The van der Waals surface area contributed by atoms with Crippen molar-refractivity contribution < 1.29 is 9.50 Å². The molecule has 0 amide bonds. The van der Waals surface area contributed by atoms with E-state index in [0.717, 1.165) is 34.8 Å². The normalized spacial score (nSPS) is 12.9. The van der Waals surface area contributed by atoms with Gasteiger partial charge >= 0.3 is 0 Å². The van der Waals surface area contributed by atoms with E-state index in [1.807, 2.05) is 26.0 Å². The van der Waals surface area contributed by atoms with Crippen molar-refractivity contribution >= 4 is 13.9 Å². The van der Waals surface area contributed by atoms with Crippen LogP contribution in [0.2, 0.25) is 0 Å². The fourth-order valence-electron chi connectivity index (χ4n) is 3.43. The number of aromatic hydroxyl groups is 1. The van der Waals surface area contributed by atoms with E-state index in [4.69, 9.17) is 0 Å². The standard InChI is InChI=1S/C23H32FOP/c1-8-23(9-2,26-20-11-10-15(3)12-19(20)24)18-14-17(22(5,6)7)13-16(4)21(18)25/h10-14,25-26H,8-9H2,1-7H3. The first kappa shape index (κ1) is 20.9. The lowest BCUT2D eigenvalue weighted by molar-refractivity contribution is 0.442. The summed E-state index contributed by atoms with van der Waals surface area (Å²) in [5, 5.41) is 11.4. The van der Waals surface area contributed by atoms with Gasteiger partial charge in [-0.1, -0.05) is 67.5 Å². The highest BCUT2D eigenvalue weighted by atomic mass is 31.1. The Labute approximate surface area is 159 Å². The van der Waals surface area contributed by atoms with Crippen LogP contribution in [-0.4, -0.2) is 5.11 Å². The topological polar surface area (TPSA) is 20.2 Å². The summed E-state index contributed by atoms with van der Waals surface area (Å²) >= 11 is 0. The summed E-state index contributed by atoms with van der Waals surface area (Å²) in [6.45, 7) is 14.7. The summed E-state index contributed by atoms with van der Waals surface area (Å²) < 4.78 is 14.6. The molecular formula is C23H32FOP. The third kappa shape index (κ3) is 4.12. The van der Waals surface area contributed by atoms with Gasteiger partial charge in [-0.05, 0) is 54.9 Å². The van der Waals surface area contributed by atoms with Gasteiger partial charge in [-0.3, -0.25) is 0 Å². The second-order valence-corrected chi connectivity index (χ2v) is 10.1. The van der Waals surface area contributed by atoms with Gasteiger partial charge in [0.05, 0.1) is 0 Å². The van der Waals surface area contributed by atoms with Crippen LogP contribution in [-0.2, 0) is 10.6 Å². The molecule has 1 atom stereocenters. The molecule has 0 spiro atoms. The van der Waals surface area contributed by atoms with Gasteiger partial charge in [0.1, 0.15) is 11.6 Å². The number of benzene rings is 2. The summed E-state index contributed by atoms with van der Waals surface area (Å²) in [4.78, 5) is 0. The molecule has 1 nitrogen and oxygen atoms in total. The fourth-order valence-corrected chi connectivity index (χ4v) is 4.98. The van der Waals surface area contributed by atoms with Gasteiger partial charge in [-0.25, -0.2) is 4.39 Å². The quantitative estimate of drug-likeness (QED) is 0.595. The average Bonchev–Trinajstić information content (AvgIpc) is 2.56. The molecule has 2 aromatic rings. The van der Waals surface area contributed by atoms with Gasteiger partial charge < -0.3 is 5.11 Å². The second kappa shape index (κ2) is 7.69. The molecule has 2 aromatic carbocycles. The summed E-state index contributed by atoms with van der Waals surface area (Å²) in [5.41, 5.74) is 4.00. The first-order chi connectivity index (χ1) is 12.0. The first-order valence-electron chi connectivity index (χ1n) is 9.43. The number of phenolic OH excluding ortho intramolecular Hbond substituents is 1. The maximum absolute atomic E-state index is 14.6. The van der Waals surface area contributed by atoms with Gasteiger partial charge in [-0.2, -0.15) is 0 Å². The van der Waals surface area contributed by atoms with Gasteiger partial charge in [0.25, 0.3) is 0 Å². The lowest BCUT2D eigenvalue weighted by Gasteiger charge is -2.35. The number of hydrogen-bond donors (Lipinski definition) is 1. The van der Waals surface area contributed by atoms with Gasteiger partial charge in [0.15, 0.2) is 0 Å². The largest absolute Gasteiger partial charge is 0.507 e. The van der Waals surface area contributed by atoms with Crippen molar-refractivity contribution in [1.29, 1.82) is 0 Å². The summed E-state index contributed by atoms with van der Waals surface area (Å²) in [6, 6.07) is 9.70. The number of phenols is 1. The van der Waals surface area contributed by atoms with Crippen molar-refractivity contribution in [2.75, 3.05) is 0 Å². The van der Waals surface area contributed by atoms with Crippen molar-refractivity contribution in [3.8, 4) is 5.75 Å². The molecule has 2 rings (SSSR count). The maximum Gasteiger partial charge on any atom is 0.130 e. The predicted octanol–water partition coefficient (Wildman–Crippen LogP) is 6.46.